The fourth-order valence-corrected chi connectivity index (χ4v) is 4.32. The van der Waals surface area contributed by atoms with Crippen molar-refractivity contribution in [1.82, 2.24) is 19.9 Å². The number of nitrogens with one attached hydrogen (secondary N) is 1. The molecule has 0 aromatic carbocycles. The second kappa shape index (κ2) is 7.74. The average Bonchev–Trinajstić information content (AvgIpc) is 3.33. The van der Waals surface area contributed by atoms with Gasteiger partial charge in [0.1, 0.15) is 5.82 Å². The molecule has 1 saturated carbocycles. The maximum atomic E-state index is 14.5. The highest BCUT2D eigenvalue weighted by Gasteiger charge is 2.49. The Morgan fingerprint density at radius 3 is 2.47 bits per heavy atom. The molecule has 1 aliphatic carbocycles. The smallest absolute Gasteiger partial charge is 0.282 e. The summed E-state index contributed by atoms with van der Waals surface area (Å²) in [5, 5.41) is 2.54. The first-order chi connectivity index (χ1) is 16.0. The first-order valence-corrected chi connectivity index (χ1v) is 11.0. The van der Waals surface area contributed by atoms with Crippen LogP contribution in [0.4, 0.5) is 39.5 Å². The largest absolute Gasteiger partial charge is 0.342 e. The van der Waals surface area contributed by atoms with Gasteiger partial charge in [-0.2, -0.15) is 14.4 Å². The van der Waals surface area contributed by atoms with E-state index in [-0.39, 0.29) is 29.0 Å². The highest BCUT2D eigenvalue weighted by Crippen LogP contribution is 2.47. The summed E-state index contributed by atoms with van der Waals surface area (Å²) in [5.41, 5.74) is -0.376. The molecule has 2 aromatic heterocycles. The summed E-state index contributed by atoms with van der Waals surface area (Å²) in [5.74, 6) is -7.48. The van der Waals surface area contributed by atoms with Crippen molar-refractivity contribution in [1.29, 1.82) is 0 Å². The zero-order valence-corrected chi connectivity index (χ0v) is 18.6. The lowest BCUT2D eigenvalue weighted by Gasteiger charge is -2.38. The van der Waals surface area contributed by atoms with E-state index < -0.39 is 48.0 Å². The lowest BCUT2D eigenvalue weighted by atomic mass is 10.0. The van der Waals surface area contributed by atoms with Crippen LogP contribution in [0.2, 0.25) is 0 Å². The second-order valence-electron chi connectivity index (χ2n) is 9.62. The molecule has 0 spiro atoms. The predicted molar refractivity (Wildman–Crippen MR) is 113 cm³/mol. The van der Waals surface area contributed by atoms with Crippen LogP contribution in [-0.2, 0) is 4.79 Å². The number of amides is 1. The van der Waals surface area contributed by atoms with Crippen LogP contribution < -0.4 is 10.2 Å². The van der Waals surface area contributed by atoms with E-state index in [0.29, 0.717) is 25.2 Å². The third kappa shape index (κ3) is 4.03. The number of hydrogen-bond donors (Lipinski definition) is 1. The monoisotopic (exact) mass is 482 g/mol. The van der Waals surface area contributed by atoms with Crippen molar-refractivity contribution < 1.29 is 26.7 Å². The summed E-state index contributed by atoms with van der Waals surface area (Å²) >= 11 is 0. The molecule has 182 valence electrons. The Morgan fingerprint density at radius 2 is 1.82 bits per heavy atom. The highest BCUT2D eigenvalue weighted by molar-refractivity contribution is 5.85. The maximum Gasteiger partial charge on any atom is 0.282 e. The van der Waals surface area contributed by atoms with Crippen LogP contribution in [0, 0.1) is 29.9 Å². The fraction of sp³-hybridized carbons (Fsp3) is 0.545. The summed E-state index contributed by atoms with van der Waals surface area (Å²) < 4.78 is 68.8. The number of hydrogen-bond acceptors (Lipinski definition) is 6. The molecular weight excluding hydrogens is 459 g/mol. The zero-order chi connectivity index (χ0) is 24.4. The Morgan fingerprint density at radius 1 is 1.12 bits per heavy atom. The van der Waals surface area contributed by atoms with E-state index in [1.807, 2.05) is 6.92 Å². The van der Waals surface area contributed by atoms with Crippen LogP contribution >= 0.6 is 0 Å². The van der Waals surface area contributed by atoms with Crippen LogP contribution in [0.1, 0.15) is 43.4 Å². The molecule has 12 heteroatoms. The minimum Gasteiger partial charge on any atom is -0.342 e. The molecular formula is C22H23F5N6O. The fourth-order valence-electron chi connectivity index (χ4n) is 4.32. The van der Waals surface area contributed by atoms with Crippen molar-refractivity contribution >= 4 is 23.5 Å². The van der Waals surface area contributed by atoms with E-state index in [2.05, 4.69) is 20.3 Å². The van der Waals surface area contributed by atoms with Crippen molar-refractivity contribution in [3.05, 3.63) is 34.9 Å². The number of nitrogens with zero attached hydrogens (tertiary/aromatic N) is 5. The molecule has 4 heterocycles. The van der Waals surface area contributed by atoms with E-state index >= 15 is 0 Å². The van der Waals surface area contributed by atoms with Gasteiger partial charge in [-0.15, -0.1) is 0 Å². The number of rotatable bonds is 5. The molecule has 7 nitrogen and oxygen atoms in total. The summed E-state index contributed by atoms with van der Waals surface area (Å²) in [6.45, 7) is 2.83. The van der Waals surface area contributed by atoms with Gasteiger partial charge in [0.25, 0.3) is 11.9 Å². The van der Waals surface area contributed by atoms with E-state index in [9.17, 15) is 26.7 Å². The Labute approximate surface area is 192 Å². The molecule has 5 rings (SSSR count). The molecule has 3 aliphatic rings. The van der Waals surface area contributed by atoms with Gasteiger partial charge in [-0.1, -0.05) is 6.92 Å². The predicted octanol–water partition coefficient (Wildman–Crippen LogP) is 3.91. The third-order valence-electron chi connectivity index (χ3n) is 6.78. The Hall–Kier alpha value is -3.05. The molecule has 2 aromatic rings. The van der Waals surface area contributed by atoms with Crippen molar-refractivity contribution in [2.24, 2.45) is 5.41 Å². The Balaban J connectivity index is 1.44. The first-order valence-electron chi connectivity index (χ1n) is 11.0. The number of aromatic nitrogens is 3. The Bertz CT molecular complexity index is 1160. The van der Waals surface area contributed by atoms with Crippen LogP contribution in [0.5, 0.6) is 0 Å². The molecule has 1 atom stereocenters. The van der Waals surface area contributed by atoms with Crippen LogP contribution in [0.15, 0.2) is 6.07 Å². The van der Waals surface area contributed by atoms with Crippen molar-refractivity contribution in [3.63, 3.8) is 0 Å². The van der Waals surface area contributed by atoms with Gasteiger partial charge in [-0.05, 0) is 26.2 Å². The summed E-state index contributed by atoms with van der Waals surface area (Å²) in [4.78, 5) is 27.7. The normalized spacial score (nSPS) is 22.5. The second-order valence-corrected chi connectivity index (χ2v) is 9.62. The number of likely N-dealkylation sites (tertiary alicyclic amines) is 1. The summed E-state index contributed by atoms with van der Waals surface area (Å²) in [7, 11) is 0. The number of carbonyl (C=O) groups is 1. The molecule has 1 N–H and O–H groups in total. The molecule has 0 radical (unpaired) electrons. The van der Waals surface area contributed by atoms with Gasteiger partial charge in [0.2, 0.25) is 11.9 Å². The number of halogens is 5. The van der Waals surface area contributed by atoms with Crippen molar-refractivity contribution in [3.8, 4) is 0 Å². The quantitative estimate of drug-likeness (QED) is 0.515. The summed E-state index contributed by atoms with van der Waals surface area (Å²) in [6, 6.07) is 1.50. The third-order valence-corrected chi connectivity index (χ3v) is 6.78. The van der Waals surface area contributed by atoms with Gasteiger partial charge < -0.3 is 15.1 Å². The van der Waals surface area contributed by atoms with E-state index in [0.717, 1.165) is 19.8 Å². The lowest BCUT2D eigenvalue weighted by Crippen LogP contribution is -2.57. The van der Waals surface area contributed by atoms with E-state index in [4.69, 9.17) is 0 Å². The number of carbonyl (C=O) groups excluding carboxylic acids is 1. The van der Waals surface area contributed by atoms with Crippen molar-refractivity contribution in [2.75, 3.05) is 36.4 Å². The lowest BCUT2D eigenvalue weighted by molar-refractivity contribution is -0.135. The van der Waals surface area contributed by atoms with Gasteiger partial charge in [-0.25, -0.2) is 22.5 Å². The van der Waals surface area contributed by atoms with Gasteiger partial charge in [0, 0.05) is 36.1 Å². The average molecular weight is 482 g/mol. The van der Waals surface area contributed by atoms with E-state index in [1.165, 1.54) is 11.0 Å². The molecule has 34 heavy (non-hydrogen) atoms. The van der Waals surface area contributed by atoms with E-state index in [1.54, 1.807) is 4.90 Å². The molecule has 2 saturated heterocycles. The molecule has 0 bridgehead atoms. The van der Waals surface area contributed by atoms with Gasteiger partial charge in [0.05, 0.1) is 18.8 Å². The molecule has 1 amide bonds. The minimum absolute atomic E-state index is 0.00423. The minimum atomic E-state index is -2.87. The standard InChI is InChI=1S/C22H23F5N6O/c1-11-15(23)17(25)31-18(16(11)24)29-14-7-13(28-20(30-14)33-9-22(26,27)10-33)12-3-6-32(8-12)19(34)21(2)4-5-21/h7,12H,3-6,8-10H2,1-2H3,(H,28,29,30,31). The van der Waals surface area contributed by atoms with Crippen molar-refractivity contribution in [2.45, 2.75) is 45.0 Å². The first kappa shape index (κ1) is 22.7. The number of alkyl halides is 2. The van der Waals surface area contributed by atoms with Gasteiger partial charge in [0.15, 0.2) is 17.5 Å². The number of pyridine rings is 1. The molecule has 2 aliphatic heterocycles. The topological polar surface area (TPSA) is 74.2 Å². The maximum absolute atomic E-state index is 14.5. The molecule has 1 unspecified atom stereocenters. The highest BCUT2D eigenvalue weighted by atomic mass is 19.3. The Kier molecular flexibility index (Phi) is 5.17. The number of anilines is 3. The van der Waals surface area contributed by atoms with Gasteiger partial charge >= 0.3 is 0 Å². The zero-order valence-electron chi connectivity index (χ0n) is 18.6. The van der Waals surface area contributed by atoms with Crippen LogP contribution in [0.3, 0.4) is 0 Å². The van der Waals surface area contributed by atoms with Gasteiger partial charge in [-0.3, -0.25) is 4.79 Å². The summed E-state index contributed by atoms with van der Waals surface area (Å²) in [6.07, 6.45) is 2.33. The van der Waals surface area contributed by atoms with Crippen LogP contribution in [-0.4, -0.2) is 57.9 Å². The SMILES string of the molecule is Cc1c(F)c(F)nc(Nc2cc(C3CCN(C(=O)C4(C)CC4)C3)nc(N3CC(F)(F)C3)n2)c1F. The molecule has 3 fully saturated rings. The van der Waals surface area contributed by atoms with Crippen LogP contribution in [0.25, 0.3) is 0 Å².